The Kier molecular flexibility index (Phi) is 5.24. The first-order valence-corrected chi connectivity index (χ1v) is 5.79. The summed E-state index contributed by atoms with van der Waals surface area (Å²) < 4.78 is 0. The van der Waals surface area contributed by atoms with Crippen LogP contribution in [-0.2, 0) is 0 Å². The van der Waals surface area contributed by atoms with Gasteiger partial charge in [-0.1, -0.05) is 6.92 Å². The molecule has 0 amide bonds. The minimum Gasteiger partial charge on any atom is -0.394 e. The van der Waals surface area contributed by atoms with E-state index in [9.17, 15) is 0 Å². The van der Waals surface area contributed by atoms with Crippen LogP contribution in [0.15, 0.2) is 0 Å². The number of aliphatic hydroxyl groups is 1. The van der Waals surface area contributed by atoms with Gasteiger partial charge in [-0.05, 0) is 47.6 Å². The Labute approximate surface area is 94.6 Å². The Morgan fingerprint density at radius 2 is 1.80 bits per heavy atom. The highest BCUT2D eigenvalue weighted by Crippen LogP contribution is 2.22. The second-order valence-electron chi connectivity index (χ2n) is 5.64. The lowest BCUT2D eigenvalue weighted by atomic mass is 9.91. The van der Waals surface area contributed by atoms with Crippen molar-refractivity contribution < 1.29 is 5.11 Å². The van der Waals surface area contributed by atoms with E-state index in [1.807, 2.05) is 6.92 Å². The van der Waals surface area contributed by atoms with Crippen molar-refractivity contribution in [3.63, 3.8) is 0 Å². The highest BCUT2D eigenvalue weighted by Gasteiger charge is 2.29. The largest absolute Gasteiger partial charge is 0.394 e. The lowest BCUT2D eigenvalue weighted by Crippen LogP contribution is -2.51. The molecule has 2 unspecified atom stereocenters. The van der Waals surface area contributed by atoms with Crippen LogP contribution in [-0.4, -0.2) is 40.8 Å². The van der Waals surface area contributed by atoms with Crippen LogP contribution in [0.3, 0.4) is 0 Å². The van der Waals surface area contributed by atoms with E-state index in [0.717, 1.165) is 12.8 Å². The van der Waals surface area contributed by atoms with Gasteiger partial charge in [0.25, 0.3) is 0 Å². The first-order valence-electron chi connectivity index (χ1n) is 5.79. The molecule has 92 valence electrons. The topological polar surface area (TPSA) is 49.5 Å². The monoisotopic (exact) mass is 216 g/mol. The van der Waals surface area contributed by atoms with Gasteiger partial charge in [0.15, 0.2) is 0 Å². The average molecular weight is 216 g/mol. The quantitative estimate of drug-likeness (QED) is 0.709. The lowest BCUT2D eigenvalue weighted by molar-refractivity contribution is 0.0771. The van der Waals surface area contributed by atoms with Crippen LogP contribution in [0, 0.1) is 0 Å². The normalized spacial score (nSPS) is 19.0. The minimum absolute atomic E-state index is 0.0394. The van der Waals surface area contributed by atoms with E-state index in [4.69, 9.17) is 10.8 Å². The van der Waals surface area contributed by atoms with Gasteiger partial charge in [-0.2, -0.15) is 0 Å². The van der Waals surface area contributed by atoms with Crippen molar-refractivity contribution in [2.45, 2.75) is 64.6 Å². The third-order valence-electron chi connectivity index (χ3n) is 3.60. The van der Waals surface area contributed by atoms with Crippen LogP contribution < -0.4 is 5.73 Å². The summed E-state index contributed by atoms with van der Waals surface area (Å²) in [5.41, 5.74) is 5.67. The van der Waals surface area contributed by atoms with Gasteiger partial charge in [-0.25, -0.2) is 0 Å². The zero-order chi connectivity index (χ0) is 12.3. The lowest BCUT2D eigenvalue weighted by Gasteiger charge is -2.41. The number of aliphatic hydroxyl groups excluding tert-OH is 1. The Hall–Kier alpha value is -0.120. The molecule has 3 N–H and O–H groups in total. The highest BCUT2D eigenvalue weighted by molar-refractivity contribution is 4.87. The summed E-state index contributed by atoms with van der Waals surface area (Å²) in [5, 5.41) is 9.14. The molecule has 0 aliphatic heterocycles. The van der Waals surface area contributed by atoms with Crippen LogP contribution in [0.1, 0.15) is 47.5 Å². The summed E-state index contributed by atoms with van der Waals surface area (Å²) in [4.78, 5) is 2.34. The molecule has 0 aromatic heterocycles. The van der Waals surface area contributed by atoms with Crippen molar-refractivity contribution in [2.24, 2.45) is 5.73 Å². The molecule has 2 atom stereocenters. The molecule has 0 aliphatic carbocycles. The van der Waals surface area contributed by atoms with Gasteiger partial charge < -0.3 is 10.8 Å². The van der Waals surface area contributed by atoms with E-state index in [0.29, 0.717) is 6.04 Å². The number of hydrogen-bond acceptors (Lipinski definition) is 3. The summed E-state index contributed by atoms with van der Waals surface area (Å²) in [7, 11) is 2.13. The maximum absolute atomic E-state index is 9.14. The molecule has 15 heavy (non-hydrogen) atoms. The molecule has 0 aromatic carbocycles. The molecule has 0 rings (SSSR count). The maximum atomic E-state index is 9.14. The maximum Gasteiger partial charge on any atom is 0.0609 e. The van der Waals surface area contributed by atoms with Gasteiger partial charge in [0, 0.05) is 17.1 Å². The van der Waals surface area contributed by atoms with Gasteiger partial charge in [0.2, 0.25) is 0 Å². The van der Waals surface area contributed by atoms with Gasteiger partial charge in [-0.3, -0.25) is 4.90 Å². The zero-order valence-electron chi connectivity index (χ0n) is 11.2. The van der Waals surface area contributed by atoms with Crippen LogP contribution in [0.4, 0.5) is 0 Å². The van der Waals surface area contributed by atoms with E-state index >= 15 is 0 Å². The van der Waals surface area contributed by atoms with E-state index in [1.165, 1.54) is 0 Å². The van der Waals surface area contributed by atoms with Crippen molar-refractivity contribution in [3.05, 3.63) is 0 Å². The molecule has 0 saturated heterocycles. The molecular formula is C12H28N2O. The van der Waals surface area contributed by atoms with E-state index in [-0.39, 0.29) is 12.1 Å². The molecule has 3 heteroatoms. The summed E-state index contributed by atoms with van der Waals surface area (Å²) in [6.45, 7) is 10.8. The fourth-order valence-electron chi connectivity index (χ4n) is 1.72. The number of hydrogen-bond donors (Lipinski definition) is 2. The van der Waals surface area contributed by atoms with Gasteiger partial charge in [-0.15, -0.1) is 0 Å². The standard InChI is InChI=1S/C12H28N2O/c1-7-11(3,4)14(6)10(2)8-12(5,13)9-15/h10,15H,7-9,13H2,1-6H3. The van der Waals surface area contributed by atoms with E-state index in [1.54, 1.807) is 0 Å². The number of rotatable bonds is 6. The molecular weight excluding hydrogens is 188 g/mol. The third-order valence-corrected chi connectivity index (χ3v) is 3.60. The fourth-order valence-corrected chi connectivity index (χ4v) is 1.72. The second kappa shape index (κ2) is 5.28. The third kappa shape index (κ3) is 4.49. The molecule has 0 aliphatic rings. The second-order valence-corrected chi connectivity index (χ2v) is 5.64. The first kappa shape index (κ1) is 14.9. The Morgan fingerprint density at radius 1 is 1.33 bits per heavy atom. The van der Waals surface area contributed by atoms with Gasteiger partial charge in [0.1, 0.15) is 0 Å². The molecule has 0 spiro atoms. The van der Waals surface area contributed by atoms with Crippen molar-refractivity contribution >= 4 is 0 Å². The highest BCUT2D eigenvalue weighted by atomic mass is 16.3. The number of nitrogens with two attached hydrogens (primary N) is 1. The van der Waals surface area contributed by atoms with E-state index in [2.05, 4.69) is 39.6 Å². The molecule has 0 fully saturated rings. The van der Waals surface area contributed by atoms with Crippen LogP contribution in [0.5, 0.6) is 0 Å². The van der Waals surface area contributed by atoms with Crippen molar-refractivity contribution in [2.75, 3.05) is 13.7 Å². The Morgan fingerprint density at radius 3 is 2.13 bits per heavy atom. The predicted molar refractivity (Wildman–Crippen MR) is 65.9 cm³/mol. The molecule has 0 radical (unpaired) electrons. The smallest absolute Gasteiger partial charge is 0.0609 e. The molecule has 3 nitrogen and oxygen atoms in total. The summed E-state index contributed by atoms with van der Waals surface area (Å²) in [6.07, 6.45) is 1.91. The predicted octanol–water partition coefficient (Wildman–Crippen LogP) is 1.60. The van der Waals surface area contributed by atoms with Crippen molar-refractivity contribution in [1.29, 1.82) is 0 Å². The van der Waals surface area contributed by atoms with Crippen LogP contribution >= 0.6 is 0 Å². The molecule has 0 saturated carbocycles. The van der Waals surface area contributed by atoms with Crippen LogP contribution in [0.25, 0.3) is 0 Å². The van der Waals surface area contributed by atoms with Gasteiger partial charge >= 0.3 is 0 Å². The van der Waals surface area contributed by atoms with Crippen molar-refractivity contribution in [1.82, 2.24) is 4.90 Å². The SMILES string of the molecule is CCC(C)(C)N(C)C(C)CC(C)(N)CO. The molecule has 0 aromatic rings. The number of nitrogens with zero attached hydrogens (tertiary/aromatic N) is 1. The van der Waals surface area contributed by atoms with Crippen molar-refractivity contribution in [3.8, 4) is 0 Å². The Balaban J connectivity index is 4.40. The summed E-state index contributed by atoms with van der Waals surface area (Å²) in [6, 6.07) is 0.377. The van der Waals surface area contributed by atoms with Gasteiger partial charge in [0.05, 0.1) is 6.61 Å². The summed E-state index contributed by atoms with van der Waals surface area (Å²) in [5.74, 6) is 0. The minimum atomic E-state index is -0.475. The molecule has 0 bridgehead atoms. The summed E-state index contributed by atoms with van der Waals surface area (Å²) >= 11 is 0. The fraction of sp³-hybridized carbons (Fsp3) is 1.00. The average Bonchev–Trinajstić information content (AvgIpc) is 2.16. The van der Waals surface area contributed by atoms with Crippen LogP contribution in [0.2, 0.25) is 0 Å². The zero-order valence-corrected chi connectivity index (χ0v) is 11.2. The van der Waals surface area contributed by atoms with E-state index < -0.39 is 5.54 Å². The molecule has 0 heterocycles. The Bertz CT molecular complexity index is 190. The first-order chi connectivity index (χ1) is 6.66.